The summed E-state index contributed by atoms with van der Waals surface area (Å²) in [6, 6.07) is 11.9. The maximum absolute atomic E-state index is 12.2. The Hall–Kier alpha value is -3.09. The quantitative estimate of drug-likeness (QED) is 0.900. The molecule has 1 aliphatic rings. The van der Waals surface area contributed by atoms with Gasteiger partial charge in [-0.05, 0) is 36.4 Å². The van der Waals surface area contributed by atoms with Crippen LogP contribution in [0.15, 0.2) is 48.7 Å². The third-order valence-electron chi connectivity index (χ3n) is 3.75. The van der Waals surface area contributed by atoms with Crippen molar-refractivity contribution in [2.24, 2.45) is 0 Å². The predicted octanol–water partition coefficient (Wildman–Crippen LogP) is 2.02. The van der Waals surface area contributed by atoms with Gasteiger partial charge < -0.3 is 15.0 Å². The summed E-state index contributed by atoms with van der Waals surface area (Å²) in [6.45, 7) is 0.431. The van der Waals surface area contributed by atoms with Crippen LogP contribution in [-0.2, 0) is 4.79 Å². The number of anilines is 2. The number of aromatic nitrogens is 1. The molecule has 1 saturated heterocycles. The van der Waals surface area contributed by atoms with Crippen molar-refractivity contribution < 1.29 is 14.3 Å². The number of amides is 3. The molecular formula is C17H18N4O3. The third kappa shape index (κ3) is 3.62. The van der Waals surface area contributed by atoms with Gasteiger partial charge in [0.2, 0.25) is 5.91 Å². The number of ether oxygens (including phenoxy) is 1. The summed E-state index contributed by atoms with van der Waals surface area (Å²) < 4.78 is 5.11. The van der Waals surface area contributed by atoms with Crippen molar-refractivity contribution in [1.82, 2.24) is 10.3 Å². The van der Waals surface area contributed by atoms with E-state index in [1.807, 2.05) is 12.1 Å². The Bertz CT molecular complexity index is 718. The van der Waals surface area contributed by atoms with Crippen molar-refractivity contribution in [3.63, 3.8) is 0 Å². The van der Waals surface area contributed by atoms with Gasteiger partial charge in [-0.3, -0.25) is 10.1 Å². The van der Waals surface area contributed by atoms with Gasteiger partial charge in [0.1, 0.15) is 11.6 Å². The molecule has 0 aliphatic carbocycles. The Morgan fingerprint density at radius 3 is 2.71 bits per heavy atom. The van der Waals surface area contributed by atoms with Crippen LogP contribution in [0.25, 0.3) is 0 Å². The fourth-order valence-electron chi connectivity index (χ4n) is 2.59. The molecule has 0 radical (unpaired) electrons. The summed E-state index contributed by atoms with van der Waals surface area (Å²) in [5, 5.41) is 5.45. The van der Waals surface area contributed by atoms with E-state index in [-0.39, 0.29) is 24.4 Å². The number of carbonyl (C=O) groups is 2. The van der Waals surface area contributed by atoms with Crippen molar-refractivity contribution in [1.29, 1.82) is 0 Å². The van der Waals surface area contributed by atoms with E-state index in [0.29, 0.717) is 12.4 Å². The van der Waals surface area contributed by atoms with Gasteiger partial charge in [-0.15, -0.1) is 0 Å². The van der Waals surface area contributed by atoms with Crippen molar-refractivity contribution in [3.8, 4) is 5.75 Å². The molecule has 2 N–H and O–H groups in total. The Morgan fingerprint density at radius 2 is 2.04 bits per heavy atom. The first-order valence-corrected chi connectivity index (χ1v) is 7.58. The minimum Gasteiger partial charge on any atom is -0.497 e. The second-order valence-electron chi connectivity index (χ2n) is 5.42. The molecule has 0 unspecified atom stereocenters. The Kier molecular flexibility index (Phi) is 4.60. The molecular weight excluding hydrogens is 308 g/mol. The topological polar surface area (TPSA) is 83.6 Å². The van der Waals surface area contributed by atoms with Gasteiger partial charge in [-0.25, -0.2) is 9.78 Å². The summed E-state index contributed by atoms with van der Waals surface area (Å²) in [7, 11) is 1.59. The highest BCUT2D eigenvalue weighted by Crippen LogP contribution is 2.24. The molecule has 0 saturated carbocycles. The minimum atomic E-state index is -0.372. The number of urea groups is 1. The van der Waals surface area contributed by atoms with E-state index in [9.17, 15) is 9.59 Å². The number of rotatable bonds is 4. The van der Waals surface area contributed by atoms with Crippen LogP contribution in [0.4, 0.5) is 16.3 Å². The molecule has 1 aromatic carbocycles. The highest BCUT2D eigenvalue weighted by molar-refractivity contribution is 5.97. The van der Waals surface area contributed by atoms with Gasteiger partial charge in [0.05, 0.1) is 13.2 Å². The van der Waals surface area contributed by atoms with Crippen LogP contribution < -0.4 is 20.3 Å². The Labute approximate surface area is 139 Å². The number of hydrogen-bond donors (Lipinski definition) is 2. The van der Waals surface area contributed by atoms with Gasteiger partial charge in [0.25, 0.3) is 0 Å². The molecule has 7 nitrogen and oxygen atoms in total. The van der Waals surface area contributed by atoms with Gasteiger partial charge >= 0.3 is 6.03 Å². The second kappa shape index (κ2) is 6.99. The Morgan fingerprint density at radius 1 is 1.25 bits per heavy atom. The normalized spacial score (nSPS) is 16.8. The standard InChI is InChI=1S/C17H18N4O3/c1-24-14-7-5-13(6-8-14)21-11-12(10-16(21)22)19-17(23)20-15-4-2-3-9-18-15/h2-9,12H,10-11H2,1H3,(H2,18,19,20,23)/t12-/m1/s1. The van der Waals surface area contributed by atoms with Crippen LogP contribution in [0, 0.1) is 0 Å². The zero-order valence-corrected chi connectivity index (χ0v) is 13.2. The van der Waals surface area contributed by atoms with Crippen LogP contribution >= 0.6 is 0 Å². The lowest BCUT2D eigenvalue weighted by atomic mass is 10.2. The summed E-state index contributed by atoms with van der Waals surface area (Å²) >= 11 is 0. The van der Waals surface area contributed by atoms with Crippen molar-refractivity contribution in [3.05, 3.63) is 48.7 Å². The van der Waals surface area contributed by atoms with E-state index in [2.05, 4.69) is 15.6 Å². The first kappa shape index (κ1) is 15.8. The van der Waals surface area contributed by atoms with Gasteiger partial charge in [0, 0.05) is 24.8 Å². The molecule has 0 bridgehead atoms. The minimum absolute atomic E-state index is 0.0247. The number of nitrogens with one attached hydrogen (secondary N) is 2. The molecule has 1 aromatic heterocycles. The molecule has 1 atom stereocenters. The number of benzene rings is 1. The number of carbonyl (C=O) groups excluding carboxylic acids is 2. The van der Waals surface area contributed by atoms with Gasteiger partial charge in [-0.1, -0.05) is 6.07 Å². The lowest BCUT2D eigenvalue weighted by molar-refractivity contribution is -0.117. The monoisotopic (exact) mass is 326 g/mol. The summed E-state index contributed by atoms with van der Waals surface area (Å²) in [5.41, 5.74) is 0.787. The Balaban J connectivity index is 1.59. The molecule has 2 aromatic rings. The smallest absolute Gasteiger partial charge is 0.320 e. The molecule has 124 valence electrons. The lowest BCUT2D eigenvalue weighted by Crippen LogP contribution is -2.39. The van der Waals surface area contributed by atoms with Crippen LogP contribution in [0.5, 0.6) is 5.75 Å². The van der Waals surface area contributed by atoms with Crippen LogP contribution in [0.2, 0.25) is 0 Å². The van der Waals surface area contributed by atoms with Gasteiger partial charge in [-0.2, -0.15) is 0 Å². The summed E-state index contributed by atoms with van der Waals surface area (Å²) in [6.07, 6.45) is 1.86. The second-order valence-corrected chi connectivity index (χ2v) is 5.42. The molecule has 1 aliphatic heterocycles. The average Bonchev–Trinajstić information content (AvgIpc) is 2.96. The fourth-order valence-corrected chi connectivity index (χ4v) is 2.59. The fraction of sp³-hybridized carbons (Fsp3) is 0.235. The highest BCUT2D eigenvalue weighted by atomic mass is 16.5. The van der Waals surface area contributed by atoms with E-state index in [1.54, 1.807) is 48.5 Å². The molecule has 0 spiro atoms. The molecule has 1 fully saturated rings. The third-order valence-corrected chi connectivity index (χ3v) is 3.75. The largest absolute Gasteiger partial charge is 0.497 e. The van der Waals surface area contributed by atoms with Crippen LogP contribution in [0.3, 0.4) is 0 Å². The highest BCUT2D eigenvalue weighted by Gasteiger charge is 2.31. The van der Waals surface area contributed by atoms with E-state index in [4.69, 9.17) is 4.74 Å². The first-order chi connectivity index (χ1) is 11.7. The number of nitrogens with zero attached hydrogens (tertiary/aromatic N) is 2. The molecule has 24 heavy (non-hydrogen) atoms. The number of hydrogen-bond acceptors (Lipinski definition) is 4. The first-order valence-electron chi connectivity index (χ1n) is 7.58. The summed E-state index contributed by atoms with van der Waals surface area (Å²) in [4.78, 5) is 29.9. The zero-order valence-electron chi connectivity index (χ0n) is 13.2. The molecule has 3 amide bonds. The van der Waals surface area contributed by atoms with E-state index < -0.39 is 0 Å². The predicted molar refractivity (Wildman–Crippen MR) is 90.1 cm³/mol. The summed E-state index contributed by atoms with van der Waals surface area (Å²) in [5.74, 6) is 1.17. The van der Waals surface area contributed by atoms with Crippen LogP contribution in [0.1, 0.15) is 6.42 Å². The average molecular weight is 326 g/mol. The molecule has 7 heteroatoms. The van der Waals surface area contributed by atoms with Crippen LogP contribution in [-0.4, -0.2) is 36.6 Å². The van der Waals surface area contributed by atoms with Gasteiger partial charge in [0.15, 0.2) is 0 Å². The number of pyridine rings is 1. The molecule has 2 heterocycles. The van der Waals surface area contributed by atoms with Crippen molar-refractivity contribution >= 4 is 23.4 Å². The zero-order chi connectivity index (χ0) is 16.9. The number of methoxy groups -OCH3 is 1. The SMILES string of the molecule is COc1ccc(N2C[C@H](NC(=O)Nc3ccccn3)CC2=O)cc1. The lowest BCUT2D eigenvalue weighted by Gasteiger charge is -2.17. The van der Waals surface area contributed by atoms with E-state index >= 15 is 0 Å². The maximum atomic E-state index is 12.2. The van der Waals surface area contributed by atoms with E-state index in [1.165, 1.54) is 0 Å². The van der Waals surface area contributed by atoms with E-state index in [0.717, 1.165) is 11.4 Å². The molecule has 3 rings (SSSR count). The maximum Gasteiger partial charge on any atom is 0.320 e. The van der Waals surface area contributed by atoms with Crippen molar-refractivity contribution in [2.75, 3.05) is 23.9 Å². The van der Waals surface area contributed by atoms with Crippen molar-refractivity contribution in [2.45, 2.75) is 12.5 Å².